The maximum absolute atomic E-state index is 14.7. The van der Waals surface area contributed by atoms with Gasteiger partial charge >= 0.3 is 0 Å². The van der Waals surface area contributed by atoms with Crippen LogP contribution < -0.4 is 14.8 Å². The van der Waals surface area contributed by atoms with Crippen LogP contribution in [0, 0.1) is 12.7 Å². The molecule has 3 rings (SSSR count). The van der Waals surface area contributed by atoms with E-state index in [0.717, 1.165) is 6.07 Å². The summed E-state index contributed by atoms with van der Waals surface area (Å²) in [5, 5.41) is 3.64. The summed E-state index contributed by atoms with van der Waals surface area (Å²) in [5.74, 6) is -2.50. The van der Waals surface area contributed by atoms with E-state index in [2.05, 4.69) is 15.3 Å². The molecule has 0 aliphatic heterocycles. The van der Waals surface area contributed by atoms with Crippen molar-refractivity contribution in [2.75, 3.05) is 39.9 Å². The molecule has 10 heteroatoms. The molecule has 0 fully saturated rings. The molecular weight excluding hydrogens is 451 g/mol. The van der Waals surface area contributed by atoms with Crippen molar-refractivity contribution >= 4 is 16.7 Å². The molecule has 0 atom stereocenters. The van der Waals surface area contributed by atoms with Gasteiger partial charge in [0.1, 0.15) is 23.6 Å². The van der Waals surface area contributed by atoms with E-state index in [1.165, 1.54) is 19.2 Å². The minimum atomic E-state index is -3.29. The summed E-state index contributed by atoms with van der Waals surface area (Å²) < 4.78 is 64.0. The topological polar surface area (TPSA) is 74.7 Å². The lowest BCUT2D eigenvalue weighted by atomic mass is 10.0. The Hall–Kier alpha value is -3.11. The number of nitrogens with one attached hydrogen (secondary N) is 1. The fraction of sp³-hybridized carbons (Fsp3) is 0.417. The second-order valence-electron chi connectivity index (χ2n) is 7.81. The molecule has 0 spiro atoms. The molecule has 0 unspecified atom stereocenters. The molecule has 34 heavy (non-hydrogen) atoms. The van der Waals surface area contributed by atoms with Gasteiger partial charge in [-0.25, -0.2) is 23.1 Å². The third-order valence-electron chi connectivity index (χ3n) is 5.09. The Labute approximate surface area is 196 Å². The molecule has 0 radical (unpaired) electrons. The van der Waals surface area contributed by atoms with Gasteiger partial charge in [0.2, 0.25) is 0 Å². The molecule has 0 saturated heterocycles. The summed E-state index contributed by atoms with van der Waals surface area (Å²) in [5.41, 5.74) is 0.00972. The molecule has 2 aromatic carbocycles. The summed E-state index contributed by atoms with van der Waals surface area (Å²) in [7, 11) is 4.64. The molecule has 0 aliphatic carbocycles. The molecule has 1 heterocycles. The predicted octanol–water partition coefficient (Wildman–Crippen LogP) is 4.85. The predicted molar refractivity (Wildman–Crippen MR) is 122 cm³/mol. The van der Waals surface area contributed by atoms with Gasteiger partial charge < -0.3 is 24.3 Å². The quantitative estimate of drug-likeness (QED) is 0.421. The number of fused-ring (bicyclic) bond motifs is 1. The van der Waals surface area contributed by atoms with E-state index < -0.39 is 23.4 Å². The van der Waals surface area contributed by atoms with Crippen LogP contribution in [0.25, 0.3) is 10.9 Å². The van der Waals surface area contributed by atoms with Crippen LogP contribution in [-0.4, -0.2) is 50.6 Å². The van der Waals surface area contributed by atoms with Crippen LogP contribution in [0.5, 0.6) is 11.5 Å². The lowest BCUT2D eigenvalue weighted by molar-refractivity contribution is 0.0136. The van der Waals surface area contributed by atoms with E-state index >= 15 is 0 Å². The molecule has 3 aromatic rings. The molecule has 1 N–H and O–H groups in total. The fourth-order valence-corrected chi connectivity index (χ4v) is 3.54. The number of nitrogens with zero attached hydrogens (tertiary/aromatic N) is 2. The van der Waals surface area contributed by atoms with Gasteiger partial charge in [-0.3, -0.25) is 0 Å². The molecule has 1 aromatic heterocycles. The molecule has 0 amide bonds. The Morgan fingerprint density at radius 3 is 2.35 bits per heavy atom. The van der Waals surface area contributed by atoms with E-state index in [1.807, 2.05) is 0 Å². The van der Waals surface area contributed by atoms with Crippen LogP contribution in [0.3, 0.4) is 0 Å². The van der Waals surface area contributed by atoms with Crippen molar-refractivity contribution in [3.8, 4) is 11.5 Å². The zero-order valence-electron chi connectivity index (χ0n) is 19.7. The van der Waals surface area contributed by atoms with Crippen molar-refractivity contribution in [1.82, 2.24) is 9.97 Å². The maximum atomic E-state index is 14.7. The van der Waals surface area contributed by atoms with Crippen molar-refractivity contribution < 1.29 is 32.1 Å². The highest BCUT2D eigenvalue weighted by Gasteiger charge is 2.29. The number of halogens is 3. The van der Waals surface area contributed by atoms with E-state index in [0.29, 0.717) is 54.2 Å². The van der Waals surface area contributed by atoms with Crippen molar-refractivity contribution in [3.63, 3.8) is 0 Å². The van der Waals surface area contributed by atoms with Crippen LogP contribution in [0.15, 0.2) is 30.3 Å². The van der Waals surface area contributed by atoms with Gasteiger partial charge in [-0.1, -0.05) is 18.2 Å². The average Bonchev–Trinajstić information content (AvgIpc) is 2.77. The van der Waals surface area contributed by atoms with Crippen LogP contribution in [0.4, 0.5) is 19.0 Å². The average molecular weight is 479 g/mol. The van der Waals surface area contributed by atoms with Crippen LogP contribution in [0.2, 0.25) is 0 Å². The number of anilines is 1. The Balaban J connectivity index is 1.98. The monoisotopic (exact) mass is 479 g/mol. The molecular formula is C24H28F3N3O4. The second kappa shape index (κ2) is 10.9. The SMILES string of the molecule is COCC(COC)Oc1cc2c(NCc3cccc(C(C)(F)F)c3F)nc(C)nc2cc1OC. The minimum Gasteiger partial charge on any atom is -0.493 e. The zero-order valence-corrected chi connectivity index (χ0v) is 19.7. The van der Waals surface area contributed by atoms with Gasteiger partial charge in [0.25, 0.3) is 5.92 Å². The first kappa shape index (κ1) is 25.5. The van der Waals surface area contributed by atoms with Crippen molar-refractivity contribution in [2.24, 2.45) is 0 Å². The molecule has 0 saturated carbocycles. The minimum absolute atomic E-state index is 0.0561. The highest BCUT2D eigenvalue weighted by molar-refractivity contribution is 5.91. The molecule has 184 valence electrons. The number of ether oxygens (including phenoxy) is 4. The largest absolute Gasteiger partial charge is 0.493 e. The van der Waals surface area contributed by atoms with Crippen molar-refractivity contribution in [1.29, 1.82) is 0 Å². The third-order valence-corrected chi connectivity index (χ3v) is 5.09. The Morgan fingerprint density at radius 2 is 1.74 bits per heavy atom. The molecule has 7 nitrogen and oxygen atoms in total. The molecule has 0 aliphatic rings. The maximum Gasteiger partial charge on any atom is 0.273 e. The van der Waals surface area contributed by atoms with Gasteiger partial charge in [0.15, 0.2) is 11.5 Å². The number of hydrogen-bond acceptors (Lipinski definition) is 7. The fourth-order valence-electron chi connectivity index (χ4n) is 3.54. The van der Waals surface area contributed by atoms with Crippen LogP contribution in [-0.2, 0) is 21.9 Å². The summed E-state index contributed by atoms with van der Waals surface area (Å²) >= 11 is 0. The second-order valence-corrected chi connectivity index (χ2v) is 7.81. The number of alkyl halides is 2. The Bertz CT molecular complexity index is 1130. The number of hydrogen-bond donors (Lipinski definition) is 1. The number of aryl methyl sites for hydroxylation is 1. The van der Waals surface area contributed by atoms with Gasteiger partial charge in [-0.05, 0) is 13.0 Å². The highest BCUT2D eigenvalue weighted by atomic mass is 19.3. The lowest BCUT2D eigenvalue weighted by Crippen LogP contribution is -2.27. The van der Waals surface area contributed by atoms with Gasteiger partial charge in [0, 0.05) is 44.7 Å². The number of aromatic nitrogens is 2. The van der Waals surface area contributed by atoms with Crippen LogP contribution in [0.1, 0.15) is 23.9 Å². The first-order chi connectivity index (χ1) is 16.2. The van der Waals surface area contributed by atoms with E-state index in [4.69, 9.17) is 18.9 Å². The van der Waals surface area contributed by atoms with Gasteiger partial charge in [0.05, 0.1) is 31.4 Å². The Morgan fingerprint density at radius 1 is 1.03 bits per heavy atom. The normalized spacial score (nSPS) is 11.8. The lowest BCUT2D eigenvalue weighted by Gasteiger charge is -2.20. The summed E-state index contributed by atoms with van der Waals surface area (Å²) in [4.78, 5) is 8.87. The van der Waals surface area contributed by atoms with E-state index in [1.54, 1.807) is 33.3 Å². The standard InChI is InChI=1S/C24H28F3N3O4/c1-14-29-19-10-20(33-5)21(34-16(12-31-3)13-32-4)9-17(19)23(30-14)28-11-15-7-6-8-18(22(15)25)24(2,26)27/h6-10,16H,11-13H2,1-5H3,(H,28,29,30). The summed E-state index contributed by atoms with van der Waals surface area (Å²) in [6.07, 6.45) is -0.392. The number of methoxy groups -OCH3 is 3. The first-order valence-corrected chi connectivity index (χ1v) is 10.6. The Kier molecular flexibility index (Phi) is 8.16. The number of benzene rings is 2. The number of rotatable bonds is 11. The first-order valence-electron chi connectivity index (χ1n) is 10.6. The van der Waals surface area contributed by atoms with Gasteiger partial charge in [-0.15, -0.1) is 0 Å². The van der Waals surface area contributed by atoms with Crippen molar-refractivity contribution in [2.45, 2.75) is 32.4 Å². The third kappa shape index (κ3) is 5.87. The summed E-state index contributed by atoms with van der Waals surface area (Å²) in [6.45, 7) is 2.91. The van der Waals surface area contributed by atoms with Crippen molar-refractivity contribution in [3.05, 3.63) is 53.1 Å². The van der Waals surface area contributed by atoms with E-state index in [-0.39, 0.29) is 12.1 Å². The smallest absolute Gasteiger partial charge is 0.273 e. The zero-order chi connectivity index (χ0) is 24.9. The summed E-state index contributed by atoms with van der Waals surface area (Å²) in [6, 6.07) is 7.35. The highest BCUT2D eigenvalue weighted by Crippen LogP contribution is 2.35. The van der Waals surface area contributed by atoms with Crippen LogP contribution >= 0.6 is 0 Å². The van der Waals surface area contributed by atoms with Gasteiger partial charge in [-0.2, -0.15) is 0 Å². The van der Waals surface area contributed by atoms with E-state index in [9.17, 15) is 13.2 Å². The molecule has 0 bridgehead atoms.